The van der Waals surface area contributed by atoms with E-state index in [-0.39, 0.29) is 16.5 Å². The minimum absolute atomic E-state index is 0.0681. The number of rotatable bonds is 6. The number of amides is 2. The molecule has 1 fully saturated rings. The first-order chi connectivity index (χ1) is 14.9. The third kappa shape index (κ3) is 3.89. The molecule has 1 saturated heterocycles. The topological polar surface area (TPSA) is 184 Å². The summed E-state index contributed by atoms with van der Waals surface area (Å²) in [6, 6.07) is -0.976. The molecule has 12 nitrogen and oxygen atoms in total. The summed E-state index contributed by atoms with van der Waals surface area (Å²) in [5, 5.41) is 29.0. The van der Waals surface area contributed by atoms with E-state index >= 15 is 0 Å². The number of aromatic nitrogens is 3. The molecule has 0 bridgehead atoms. The number of oxime groups is 1. The number of aliphatic carboxylic acids is 1. The molecular formula is C16H13N7O5S3. The van der Waals surface area contributed by atoms with Gasteiger partial charge in [0.05, 0.1) is 11.1 Å². The molecule has 15 heteroatoms. The van der Waals surface area contributed by atoms with Crippen molar-refractivity contribution in [2.75, 3.05) is 11.5 Å². The maximum atomic E-state index is 12.7. The Balaban J connectivity index is 1.52. The molecule has 0 spiro atoms. The number of anilines is 1. The minimum Gasteiger partial charge on any atom is -0.477 e. The van der Waals surface area contributed by atoms with Gasteiger partial charge in [-0.2, -0.15) is 0 Å². The lowest BCUT2D eigenvalue weighted by atomic mass is 10.0. The molecule has 2 amide bonds. The van der Waals surface area contributed by atoms with E-state index in [9.17, 15) is 24.7 Å². The van der Waals surface area contributed by atoms with Crippen LogP contribution < -0.4 is 11.1 Å². The summed E-state index contributed by atoms with van der Waals surface area (Å²) in [6.45, 7) is 0. The molecule has 5 N–H and O–H groups in total. The van der Waals surface area contributed by atoms with Gasteiger partial charge in [0, 0.05) is 11.1 Å². The van der Waals surface area contributed by atoms with Gasteiger partial charge in [-0.25, -0.2) is 9.78 Å². The average molecular weight is 480 g/mol. The summed E-state index contributed by atoms with van der Waals surface area (Å²) in [5.41, 5.74) is 5.52. The Morgan fingerprint density at radius 2 is 2.19 bits per heavy atom. The first-order valence-corrected chi connectivity index (χ1v) is 11.2. The van der Waals surface area contributed by atoms with Gasteiger partial charge in [-0.15, -0.1) is 28.2 Å². The zero-order valence-corrected chi connectivity index (χ0v) is 17.8. The van der Waals surface area contributed by atoms with Crippen LogP contribution in [0.2, 0.25) is 0 Å². The smallest absolute Gasteiger partial charge is 0.352 e. The van der Waals surface area contributed by atoms with E-state index in [2.05, 4.69) is 25.0 Å². The van der Waals surface area contributed by atoms with Gasteiger partial charge in [0.2, 0.25) is 0 Å². The van der Waals surface area contributed by atoms with Crippen LogP contribution in [0.1, 0.15) is 10.6 Å². The fourth-order valence-corrected chi connectivity index (χ4v) is 5.30. The molecule has 4 rings (SSSR count). The highest BCUT2D eigenvalue weighted by atomic mass is 32.2. The number of β-lactam (4-membered cyclic amide) rings is 1. The molecule has 0 aromatic carbocycles. The summed E-state index contributed by atoms with van der Waals surface area (Å²) in [6.07, 6.45) is 4.83. The Labute approximate surface area is 186 Å². The molecule has 2 aromatic heterocycles. The number of carbonyl (C=O) groups is 3. The van der Waals surface area contributed by atoms with Crippen molar-refractivity contribution < 1.29 is 24.7 Å². The molecule has 2 aromatic rings. The zero-order chi connectivity index (χ0) is 22.1. The fraction of sp³-hybridized carbons (Fsp3) is 0.188. The molecule has 160 valence electrons. The highest BCUT2D eigenvalue weighted by Gasteiger charge is 2.54. The summed E-state index contributed by atoms with van der Waals surface area (Å²) in [5.74, 6) is -2.34. The van der Waals surface area contributed by atoms with Gasteiger partial charge in [0.25, 0.3) is 11.8 Å². The Hall–Kier alpha value is -3.30. The quantitative estimate of drug-likeness (QED) is 0.193. The van der Waals surface area contributed by atoms with E-state index in [0.717, 1.165) is 32.6 Å². The Morgan fingerprint density at radius 3 is 2.81 bits per heavy atom. The van der Waals surface area contributed by atoms with Gasteiger partial charge < -0.3 is 21.4 Å². The van der Waals surface area contributed by atoms with Gasteiger partial charge in [-0.05, 0) is 23.2 Å². The number of thiazole rings is 1. The summed E-state index contributed by atoms with van der Waals surface area (Å²) >= 11 is 3.52. The number of hydrogen-bond donors (Lipinski definition) is 4. The van der Waals surface area contributed by atoms with E-state index in [0.29, 0.717) is 11.3 Å². The zero-order valence-electron chi connectivity index (χ0n) is 15.3. The number of carboxylic acids is 1. The Bertz CT molecular complexity index is 1140. The molecular weight excluding hydrogens is 466 g/mol. The molecule has 31 heavy (non-hydrogen) atoms. The molecule has 1 unspecified atom stereocenters. The maximum Gasteiger partial charge on any atom is 0.352 e. The number of nitrogens with two attached hydrogens (primary N) is 1. The van der Waals surface area contributed by atoms with Crippen LogP contribution in [0, 0.1) is 0 Å². The monoisotopic (exact) mass is 479 g/mol. The van der Waals surface area contributed by atoms with Crippen molar-refractivity contribution in [3.05, 3.63) is 39.5 Å². The van der Waals surface area contributed by atoms with Crippen LogP contribution in [0.25, 0.3) is 6.08 Å². The van der Waals surface area contributed by atoms with E-state index in [4.69, 9.17) is 5.73 Å². The van der Waals surface area contributed by atoms with Crippen molar-refractivity contribution in [2.24, 2.45) is 5.16 Å². The van der Waals surface area contributed by atoms with Crippen molar-refractivity contribution in [1.29, 1.82) is 0 Å². The van der Waals surface area contributed by atoms with Crippen molar-refractivity contribution >= 4 is 69.3 Å². The lowest BCUT2D eigenvalue weighted by Gasteiger charge is -2.49. The molecule has 0 aliphatic carbocycles. The second-order valence-corrected chi connectivity index (χ2v) is 9.02. The molecule has 4 heterocycles. The van der Waals surface area contributed by atoms with Gasteiger partial charge in [0.15, 0.2) is 10.8 Å². The van der Waals surface area contributed by atoms with Crippen LogP contribution in [0.5, 0.6) is 0 Å². The highest BCUT2D eigenvalue weighted by Crippen LogP contribution is 2.40. The Morgan fingerprint density at radius 1 is 1.39 bits per heavy atom. The first kappa shape index (κ1) is 21.0. The van der Waals surface area contributed by atoms with Crippen LogP contribution in [-0.2, 0) is 14.4 Å². The number of thioether (sulfide) groups is 1. The number of fused-ring (bicyclic) bond motifs is 1. The summed E-state index contributed by atoms with van der Waals surface area (Å²) in [7, 11) is 0. The van der Waals surface area contributed by atoms with Gasteiger partial charge in [-0.3, -0.25) is 14.5 Å². The van der Waals surface area contributed by atoms with Crippen molar-refractivity contribution in [3.8, 4) is 0 Å². The third-order valence-corrected chi connectivity index (χ3v) is 7.00. The highest BCUT2D eigenvalue weighted by molar-refractivity contribution is 8.00. The largest absolute Gasteiger partial charge is 0.477 e. The Kier molecular flexibility index (Phi) is 5.71. The number of nitrogen functional groups attached to an aromatic ring is 1. The average Bonchev–Trinajstić information content (AvgIpc) is 3.42. The number of carbonyl (C=O) groups excluding carboxylic acids is 2. The van der Waals surface area contributed by atoms with Crippen LogP contribution in [0.15, 0.2) is 34.1 Å². The first-order valence-electron chi connectivity index (χ1n) is 8.51. The van der Waals surface area contributed by atoms with Crippen LogP contribution in [0.3, 0.4) is 0 Å². The number of nitrogens with one attached hydrogen (secondary N) is 1. The van der Waals surface area contributed by atoms with Crippen molar-refractivity contribution in [2.45, 2.75) is 11.4 Å². The SMILES string of the molecule is Nc1nc(/C(=N/O)C(=O)NC2C(=O)N3C(C(=O)O)=C(/C=C\c4cnns4)CS[C@H]23)cs1. The number of nitrogens with zero attached hydrogens (tertiary/aromatic N) is 5. The van der Waals surface area contributed by atoms with Crippen molar-refractivity contribution in [1.82, 2.24) is 24.8 Å². The van der Waals surface area contributed by atoms with Crippen LogP contribution in [0.4, 0.5) is 5.13 Å². The summed E-state index contributed by atoms with van der Waals surface area (Å²) in [4.78, 5) is 42.8. The van der Waals surface area contributed by atoms with E-state index in [1.54, 1.807) is 12.2 Å². The molecule has 2 atom stereocenters. The summed E-state index contributed by atoms with van der Waals surface area (Å²) < 4.78 is 3.73. The number of allylic oxidation sites excluding steroid dienone is 1. The van der Waals surface area contributed by atoms with E-state index in [1.165, 1.54) is 23.3 Å². The number of hydrogen-bond acceptors (Lipinski definition) is 12. The van der Waals surface area contributed by atoms with Gasteiger partial charge in [-0.1, -0.05) is 15.7 Å². The predicted molar refractivity (Wildman–Crippen MR) is 113 cm³/mol. The molecule has 0 radical (unpaired) electrons. The lowest BCUT2D eigenvalue weighted by molar-refractivity contribution is -0.150. The van der Waals surface area contributed by atoms with Gasteiger partial charge >= 0.3 is 5.97 Å². The maximum absolute atomic E-state index is 12.7. The standard InChI is InChI=1S/C16H13N7O5S3/c17-16-19-8(5-30-16)9(21-28)12(24)20-10-13(25)23-11(15(26)27)6(4-29-14(10)23)1-2-7-3-18-22-31-7/h1-3,5,10,14,28H,4H2,(H2,17,19)(H,20,24)(H,26,27)/b2-1-,21-9-/t10?,14-/m1/s1. The van der Waals surface area contributed by atoms with E-state index in [1.807, 2.05) is 0 Å². The van der Waals surface area contributed by atoms with Crippen LogP contribution in [-0.4, -0.2) is 70.4 Å². The lowest BCUT2D eigenvalue weighted by Crippen LogP contribution is -2.71. The molecule has 0 saturated carbocycles. The third-order valence-electron chi connectivity index (χ3n) is 4.39. The normalized spacial score (nSPS) is 21.2. The van der Waals surface area contributed by atoms with Crippen LogP contribution >= 0.6 is 34.6 Å². The second kappa shape index (κ2) is 8.44. The predicted octanol–water partition coefficient (Wildman–Crippen LogP) is 0.207. The molecule has 2 aliphatic rings. The second-order valence-electron chi connectivity index (χ2n) is 6.21. The van der Waals surface area contributed by atoms with Gasteiger partial charge in [0.1, 0.15) is 22.8 Å². The number of carboxylic acid groups (broad SMARTS) is 1. The van der Waals surface area contributed by atoms with E-state index < -0.39 is 34.9 Å². The minimum atomic E-state index is -1.25. The van der Waals surface area contributed by atoms with Crippen molar-refractivity contribution in [3.63, 3.8) is 0 Å². The molecule has 2 aliphatic heterocycles. The fourth-order valence-electron chi connectivity index (χ4n) is 3.02.